The van der Waals surface area contributed by atoms with Gasteiger partial charge in [0.1, 0.15) is 11.6 Å². The smallest absolute Gasteiger partial charge is 0.277 e. The molecule has 0 heterocycles. The molecule has 0 radical (unpaired) electrons. The summed E-state index contributed by atoms with van der Waals surface area (Å²) in [7, 11) is 0. The molecule has 2 rings (SSSR count). The third-order valence-electron chi connectivity index (χ3n) is 3.03. The second kappa shape index (κ2) is 9.12. The molecule has 0 saturated carbocycles. The lowest BCUT2D eigenvalue weighted by Crippen LogP contribution is -2.25. The van der Waals surface area contributed by atoms with E-state index in [1.54, 1.807) is 25.1 Å². The summed E-state index contributed by atoms with van der Waals surface area (Å²) < 4.78 is 20.2. The quantitative estimate of drug-likeness (QED) is 0.223. The number of hydrogen-bond acceptors (Lipinski definition) is 3. The number of halogens is 5. The zero-order chi connectivity index (χ0) is 18.6. The minimum atomic E-state index is -0.445. The Morgan fingerprint density at radius 1 is 1.24 bits per heavy atom. The van der Waals surface area contributed by atoms with E-state index in [9.17, 15) is 9.18 Å². The molecule has 1 N–H and O–H groups in total. The van der Waals surface area contributed by atoms with Gasteiger partial charge in [-0.25, -0.2) is 9.82 Å². The van der Waals surface area contributed by atoms with Gasteiger partial charge in [0.05, 0.1) is 19.7 Å². The van der Waals surface area contributed by atoms with Gasteiger partial charge in [-0.15, -0.1) is 0 Å². The molecule has 9 heteroatoms. The maximum absolute atomic E-state index is 12.9. The van der Waals surface area contributed by atoms with Crippen LogP contribution in [0.1, 0.15) is 12.5 Å². The van der Waals surface area contributed by atoms with Crippen LogP contribution >= 0.6 is 59.4 Å². The SMILES string of the molecule is CC(=NNC(=O)COc1c(Br)cc(Br)c(Cl)c1Br)c1ccc(F)cc1. The summed E-state index contributed by atoms with van der Waals surface area (Å²) in [6, 6.07) is 7.53. The molecule has 2 aromatic rings. The number of ether oxygens (including phenoxy) is 1. The van der Waals surface area contributed by atoms with E-state index in [-0.39, 0.29) is 12.4 Å². The van der Waals surface area contributed by atoms with Crippen LogP contribution in [0.4, 0.5) is 4.39 Å². The Hall–Kier alpha value is -0.960. The fourth-order valence-corrected chi connectivity index (χ4v) is 4.24. The molecule has 0 aliphatic rings. The molecule has 0 unspecified atom stereocenters. The highest BCUT2D eigenvalue weighted by Gasteiger charge is 2.15. The fraction of sp³-hybridized carbons (Fsp3) is 0.125. The first-order valence-corrected chi connectivity index (χ1v) is 9.60. The van der Waals surface area contributed by atoms with Gasteiger partial charge in [-0.05, 0) is 78.5 Å². The number of rotatable bonds is 5. The predicted molar refractivity (Wildman–Crippen MR) is 107 cm³/mol. The number of carbonyl (C=O) groups is 1. The van der Waals surface area contributed by atoms with Crippen LogP contribution in [0.2, 0.25) is 5.02 Å². The average Bonchev–Trinajstić information content (AvgIpc) is 2.58. The lowest BCUT2D eigenvalue weighted by Gasteiger charge is -2.12. The van der Waals surface area contributed by atoms with E-state index < -0.39 is 5.91 Å². The molecule has 2 aromatic carbocycles. The van der Waals surface area contributed by atoms with Crippen LogP contribution in [0.25, 0.3) is 0 Å². The number of nitrogens with zero attached hydrogens (tertiary/aromatic N) is 1. The third kappa shape index (κ3) is 5.51. The highest BCUT2D eigenvalue weighted by molar-refractivity contribution is 9.11. The van der Waals surface area contributed by atoms with E-state index in [4.69, 9.17) is 16.3 Å². The normalized spacial score (nSPS) is 11.4. The third-order valence-corrected chi connectivity index (χ3v) is 5.85. The zero-order valence-corrected chi connectivity index (χ0v) is 18.3. The van der Waals surface area contributed by atoms with Gasteiger partial charge in [-0.2, -0.15) is 5.10 Å². The van der Waals surface area contributed by atoms with Crippen molar-refractivity contribution < 1.29 is 13.9 Å². The minimum Gasteiger partial charge on any atom is -0.481 e. The Balaban J connectivity index is 1.98. The summed E-state index contributed by atoms with van der Waals surface area (Å²) in [5.74, 6) is -0.375. The van der Waals surface area contributed by atoms with Gasteiger partial charge in [-0.3, -0.25) is 4.79 Å². The van der Waals surface area contributed by atoms with Crippen LogP contribution in [0, 0.1) is 5.82 Å². The van der Waals surface area contributed by atoms with Gasteiger partial charge < -0.3 is 4.74 Å². The number of nitrogens with one attached hydrogen (secondary N) is 1. The maximum atomic E-state index is 12.9. The van der Waals surface area contributed by atoms with Crippen molar-refractivity contribution in [3.63, 3.8) is 0 Å². The van der Waals surface area contributed by atoms with Crippen LogP contribution in [0.5, 0.6) is 5.75 Å². The second-order valence-electron chi connectivity index (χ2n) is 4.83. The van der Waals surface area contributed by atoms with Gasteiger partial charge >= 0.3 is 0 Å². The van der Waals surface area contributed by atoms with Crippen LogP contribution < -0.4 is 10.2 Å². The lowest BCUT2D eigenvalue weighted by molar-refractivity contribution is -0.123. The first-order valence-electron chi connectivity index (χ1n) is 6.84. The fourth-order valence-electron chi connectivity index (χ4n) is 1.75. The number of hydrogen-bond donors (Lipinski definition) is 1. The first kappa shape index (κ1) is 20.4. The summed E-state index contributed by atoms with van der Waals surface area (Å²) in [5.41, 5.74) is 3.63. The van der Waals surface area contributed by atoms with Crippen molar-refractivity contribution in [1.82, 2.24) is 5.43 Å². The van der Waals surface area contributed by atoms with Crippen LogP contribution in [-0.4, -0.2) is 18.2 Å². The minimum absolute atomic E-state index is 0.255. The lowest BCUT2D eigenvalue weighted by atomic mass is 10.1. The second-order valence-corrected chi connectivity index (χ2v) is 7.70. The number of amides is 1. The molecule has 1 amide bonds. The molecular weight excluding hydrogens is 546 g/mol. The van der Waals surface area contributed by atoms with Gasteiger partial charge in [0.15, 0.2) is 6.61 Å². The average molecular weight is 557 g/mol. The van der Waals surface area contributed by atoms with Crippen molar-refractivity contribution >= 4 is 71.0 Å². The molecule has 0 bridgehead atoms. The van der Waals surface area contributed by atoms with Crippen LogP contribution in [0.3, 0.4) is 0 Å². The molecule has 0 aliphatic heterocycles. The van der Waals surface area contributed by atoms with E-state index in [2.05, 4.69) is 58.3 Å². The van der Waals surface area contributed by atoms with E-state index in [0.717, 1.165) is 0 Å². The largest absolute Gasteiger partial charge is 0.481 e. The van der Waals surface area contributed by atoms with Crippen molar-refractivity contribution in [2.24, 2.45) is 5.10 Å². The molecule has 132 valence electrons. The Labute approximate surface area is 174 Å². The Morgan fingerprint density at radius 3 is 2.52 bits per heavy atom. The van der Waals surface area contributed by atoms with E-state index in [1.807, 2.05) is 0 Å². The molecule has 0 aliphatic carbocycles. The summed E-state index contributed by atoms with van der Waals surface area (Å²) in [6.07, 6.45) is 0. The number of carbonyl (C=O) groups excluding carboxylic acids is 1. The van der Waals surface area contributed by atoms with Crippen molar-refractivity contribution in [3.05, 3.63) is 60.2 Å². The van der Waals surface area contributed by atoms with Crippen molar-refractivity contribution in [2.75, 3.05) is 6.61 Å². The molecule has 25 heavy (non-hydrogen) atoms. The van der Waals surface area contributed by atoms with E-state index in [0.29, 0.717) is 35.5 Å². The van der Waals surface area contributed by atoms with Crippen LogP contribution in [0.15, 0.2) is 48.9 Å². The van der Waals surface area contributed by atoms with E-state index >= 15 is 0 Å². The Bertz CT molecular complexity index is 829. The highest BCUT2D eigenvalue weighted by atomic mass is 79.9. The monoisotopic (exact) mass is 554 g/mol. The van der Waals surface area contributed by atoms with Crippen molar-refractivity contribution in [3.8, 4) is 5.75 Å². The summed E-state index contributed by atoms with van der Waals surface area (Å²) in [6.45, 7) is 1.45. The van der Waals surface area contributed by atoms with E-state index in [1.165, 1.54) is 12.1 Å². The molecule has 0 spiro atoms. The van der Waals surface area contributed by atoms with Crippen molar-refractivity contribution in [2.45, 2.75) is 6.92 Å². The van der Waals surface area contributed by atoms with Gasteiger partial charge in [0.2, 0.25) is 0 Å². The summed E-state index contributed by atoms with van der Waals surface area (Å²) >= 11 is 16.1. The van der Waals surface area contributed by atoms with Gasteiger partial charge in [0.25, 0.3) is 5.91 Å². The molecule has 0 aromatic heterocycles. The Kier molecular flexibility index (Phi) is 7.42. The van der Waals surface area contributed by atoms with Crippen LogP contribution in [-0.2, 0) is 4.79 Å². The molecule has 4 nitrogen and oxygen atoms in total. The number of hydrazone groups is 1. The van der Waals surface area contributed by atoms with Gasteiger partial charge in [-0.1, -0.05) is 23.7 Å². The maximum Gasteiger partial charge on any atom is 0.277 e. The standard InChI is InChI=1S/C16H11Br3ClFN2O2/c1-8(9-2-4-10(21)5-3-9)22-23-13(24)7-25-16-12(18)6-11(17)15(20)14(16)19/h2-6H,7H2,1H3,(H,23,24). The predicted octanol–water partition coefficient (Wildman–Crippen LogP) is 5.69. The van der Waals surface area contributed by atoms with Gasteiger partial charge in [0, 0.05) is 4.47 Å². The first-order chi connectivity index (χ1) is 11.8. The molecule has 0 atom stereocenters. The molecule has 0 fully saturated rings. The van der Waals surface area contributed by atoms with Crippen molar-refractivity contribution in [1.29, 1.82) is 0 Å². The Morgan fingerprint density at radius 2 is 1.88 bits per heavy atom. The number of benzene rings is 2. The summed E-state index contributed by atoms with van der Waals surface area (Å²) in [5, 5.41) is 4.40. The highest BCUT2D eigenvalue weighted by Crippen LogP contribution is 2.42. The zero-order valence-electron chi connectivity index (χ0n) is 12.7. The topological polar surface area (TPSA) is 50.7 Å². The summed E-state index contributed by atoms with van der Waals surface area (Å²) in [4.78, 5) is 11.9. The molecule has 0 saturated heterocycles. The molecular formula is C16H11Br3ClFN2O2.